The van der Waals surface area contributed by atoms with Crippen molar-refractivity contribution in [2.45, 2.75) is 6.92 Å². The minimum absolute atomic E-state index is 0.235. The van der Waals surface area contributed by atoms with Crippen LogP contribution in [-0.2, 0) is 7.05 Å². The Morgan fingerprint density at radius 1 is 1.33 bits per heavy atom. The topological polar surface area (TPSA) is 17.8 Å². The largest absolute Gasteiger partial charge is 0.268 e. The molecular weight excluding hydrogens is 259 g/mol. The fraction of sp³-hybridized carbons (Fsp3) is 0.182. The summed E-state index contributed by atoms with van der Waals surface area (Å²) in [7, 11) is 1.81. The molecule has 0 saturated carbocycles. The van der Waals surface area contributed by atoms with Gasteiger partial charge in [-0.15, -0.1) is 0 Å². The van der Waals surface area contributed by atoms with Gasteiger partial charge < -0.3 is 0 Å². The van der Waals surface area contributed by atoms with E-state index in [4.69, 9.17) is 0 Å². The van der Waals surface area contributed by atoms with Crippen LogP contribution in [0.1, 0.15) is 5.69 Å². The third kappa shape index (κ3) is 1.95. The molecule has 0 spiro atoms. The van der Waals surface area contributed by atoms with E-state index in [1.807, 2.05) is 20.0 Å². The Labute approximate surface area is 95.9 Å². The predicted octanol–water partition coefficient (Wildman–Crippen LogP) is 3.30. The van der Waals surface area contributed by atoms with E-state index in [0.29, 0.717) is 5.56 Å². The van der Waals surface area contributed by atoms with Crippen LogP contribution in [0.25, 0.3) is 11.3 Å². The average molecular weight is 269 g/mol. The van der Waals surface area contributed by atoms with Crippen molar-refractivity contribution in [3.05, 3.63) is 40.2 Å². The molecule has 0 unspecified atom stereocenters. The molecule has 0 atom stereocenters. The molecule has 1 aromatic carbocycles. The van der Waals surface area contributed by atoms with Gasteiger partial charge in [0.1, 0.15) is 5.82 Å². The second-order valence-corrected chi connectivity index (χ2v) is 4.33. The van der Waals surface area contributed by atoms with E-state index in [1.165, 1.54) is 6.07 Å². The fourth-order valence-electron chi connectivity index (χ4n) is 1.56. The summed E-state index contributed by atoms with van der Waals surface area (Å²) in [5, 5.41) is 4.19. The molecule has 2 aromatic rings. The van der Waals surface area contributed by atoms with E-state index in [0.717, 1.165) is 15.9 Å². The average Bonchev–Trinajstić information content (AvgIpc) is 2.50. The molecule has 78 valence electrons. The van der Waals surface area contributed by atoms with Crippen molar-refractivity contribution in [1.29, 1.82) is 0 Å². The van der Waals surface area contributed by atoms with Crippen molar-refractivity contribution in [1.82, 2.24) is 9.78 Å². The lowest BCUT2D eigenvalue weighted by Gasteiger charge is -2.03. The standard InChI is InChI=1S/C11H10BrFN2/c1-7-5-11(15(2)14-7)9-6-8(12)3-4-10(9)13/h3-6H,1-2H3. The maximum Gasteiger partial charge on any atom is 0.132 e. The lowest BCUT2D eigenvalue weighted by Crippen LogP contribution is -1.95. The summed E-state index contributed by atoms with van der Waals surface area (Å²) in [5.74, 6) is -0.235. The minimum Gasteiger partial charge on any atom is -0.268 e. The van der Waals surface area contributed by atoms with Crippen LogP contribution in [0.5, 0.6) is 0 Å². The minimum atomic E-state index is -0.235. The molecule has 0 radical (unpaired) electrons. The smallest absolute Gasteiger partial charge is 0.132 e. The molecule has 1 aromatic heterocycles. The van der Waals surface area contributed by atoms with Gasteiger partial charge in [-0.2, -0.15) is 5.10 Å². The van der Waals surface area contributed by atoms with Crippen molar-refractivity contribution in [3.63, 3.8) is 0 Å². The first-order valence-corrected chi connectivity index (χ1v) is 5.33. The lowest BCUT2D eigenvalue weighted by molar-refractivity contribution is 0.627. The van der Waals surface area contributed by atoms with E-state index in [2.05, 4.69) is 21.0 Å². The number of aromatic nitrogens is 2. The Bertz CT molecular complexity index is 505. The Morgan fingerprint density at radius 3 is 2.67 bits per heavy atom. The van der Waals surface area contributed by atoms with Crippen LogP contribution in [0.4, 0.5) is 4.39 Å². The van der Waals surface area contributed by atoms with Gasteiger partial charge in [-0.05, 0) is 31.2 Å². The summed E-state index contributed by atoms with van der Waals surface area (Å²) < 4.78 is 16.1. The molecule has 0 saturated heterocycles. The molecule has 0 bridgehead atoms. The van der Waals surface area contributed by atoms with Crippen LogP contribution in [-0.4, -0.2) is 9.78 Å². The summed E-state index contributed by atoms with van der Waals surface area (Å²) in [5.41, 5.74) is 2.23. The van der Waals surface area contributed by atoms with Crippen LogP contribution < -0.4 is 0 Å². The zero-order valence-corrected chi connectivity index (χ0v) is 10.0. The zero-order valence-electron chi connectivity index (χ0n) is 8.46. The maximum atomic E-state index is 13.6. The second kappa shape index (κ2) is 3.77. The van der Waals surface area contributed by atoms with E-state index in [1.54, 1.807) is 16.8 Å². The van der Waals surface area contributed by atoms with Crippen molar-refractivity contribution in [3.8, 4) is 11.3 Å². The van der Waals surface area contributed by atoms with Gasteiger partial charge in [0.2, 0.25) is 0 Å². The molecule has 15 heavy (non-hydrogen) atoms. The van der Waals surface area contributed by atoms with Gasteiger partial charge in [0.05, 0.1) is 11.4 Å². The number of halogens is 2. The molecule has 0 aliphatic heterocycles. The van der Waals surface area contributed by atoms with E-state index >= 15 is 0 Å². The van der Waals surface area contributed by atoms with E-state index in [-0.39, 0.29) is 5.82 Å². The number of aryl methyl sites for hydroxylation is 2. The lowest BCUT2D eigenvalue weighted by atomic mass is 10.1. The quantitative estimate of drug-likeness (QED) is 0.776. The predicted molar refractivity (Wildman–Crippen MR) is 61.0 cm³/mol. The SMILES string of the molecule is Cc1cc(-c2cc(Br)ccc2F)n(C)n1. The molecule has 2 nitrogen and oxygen atoms in total. The van der Waals surface area contributed by atoms with Gasteiger partial charge in [0.25, 0.3) is 0 Å². The van der Waals surface area contributed by atoms with Gasteiger partial charge in [0, 0.05) is 17.1 Å². The van der Waals surface area contributed by atoms with Crippen molar-refractivity contribution < 1.29 is 4.39 Å². The van der Waals surface area contributed by atoms with Crippen molar-refractivity contribution in [2.24, 2.45) is 7.05 Å². The highest BCUT2D eigenvalue weighted by atomic mass is 79.9. The summed E-state index contributed by atoms with van der Waals surface area (Å²) in [6.07, 6.45) is 0. The molecule has 0 amide bonds. The fourth-order valence-corrected chi connectivity index (χ4v) is 1.92. The van der Waals surface area contributed by atoms with Gasteiger partial charge in [0.15, 0.2) is 0 Å². The first kappa shape index (κ1) is 10.4. The zero-order chi connectivity index (χ0) is 11.0. The Hall–Kier alpha value is -1.16. The second-order valence-electron chi connectivity index (χ2n) is 3.42. The number of hydrogen-bond acceptors (Lipinski definition) is 1. The highest BCUT2D eigenvalue weighted by molar-refractivity contribution is 9.10. The van der Waals surface area contributed by atoms with Crippen LogP contribution in [0.15, 0.2) is 28.7 Å². The molecule has 0 aliphatic rings. The summed E-state index contributed by atoms with van der Waals surface area (Å²) in [6.45, 7) is 1.89. The molecule has 2 rings (SSSR count). The van der Waals surface area contributed by atoms with Gasteiger partial charge in [-0.1, -0.05) is 15.9 Å². The summed E-state index contributed by atoms with van der Waals surface area (Å²) >= 11 is 3.33. The van der Waals surface area contributed by atoms with Gasteiger partial charge in [-0.3, -0.25) is 4.68 Å². The Kier molecular flexibility index (Phi) is 2.61. The van der Waals surface area contributed by atoms with E-state index in [9.17, 15) is 4.39 Å². The summed E-state index contributed by atoms with van der Waals surface area (Å²) in [4.78, 5) is 0. The van der Waals surface area contributed by atoms with Crippen LogP contribution in [0, 0.1) is 12.7 Å². The van der Waals surface area contributed by atoms with Gasteiger partial charge >= 0.3 is 0 Å². The van der Waals surface area contributed by atoms with Crippen LogP contribution >= 0.6 is 15.9 Å². The Morgan fingerprint density at radius 2 is 2.07 bits per heavy atom. The number of hydrogen-bond donors (Lipinski definition) is 0. The third-order valence-electron chi connectivity index (χ3n) is 2.21. The van der Waals surface area contributed by atoms with Crippen LogP contribution in [0.3, 0.4) is 0 Å². The van der Waals surface area contributed by atoms with Crippen molar-refractivity contribution in [2.75, 3.05) is 0 Å². The number of benzene rings is 1. The van der Waals surface area contributed by atoms with Crippen molar-refractivity contribution >= 4 is 15.9 Å². The van der Waals surface area contributed by atoms with E-state index < -0.39 is 0 Å². The Balaban J connectivity index is 2.62. The monoisotopic (exact) mass is 268 g/mol. The number of nitrogens with zero attached hydrogens (tertiary/aromatic N) is 2. The highest BCUT2D eigenvalue weighted by Crippen LogP contribution is 2.26. The maximum absolute atomic E-state index is 13.6. The first-order chi connectivity index (χ1) is 7.08. The molecule has 1 heterocycles. The van der Waals surface area contributed by atoms with Crippen LogP contribution in [0.2, 0.25) is 0 Å². The number of rotatable bonds is 1. The molecular formula is C11H10BrFN2. The molecule has 4 heteroatoms. The molecule has 0 fully saturated rings. The molecule has 0 aliphatic carbocycles. The van der Waals surface area contributed by atoms with Gasteiger partial charge in [-0.25, -0.2) is 4.39 Å². The first-order valence-electron chi connectivity index (χ1n) is 4.54. The summed E-state index contributed by atoms with van der Waals surface area (Å²) in [6, 6.07) is 6.75. The normalized spacial score (nSPS) is 10.7. The highest BCUT2D eigenvalue weighted by Gasteiger charge is 2.10. The third-order valence-corrected chi connectivity index (χ3v) is 2.70. The molecule has 0 N–H and O–H groups in total.